The average Bonchev–Trinajstić information content (AvgIpc) is 2.93. The third-order valence-corrected chi connectivity index (χ3v) is 6.16. The fourth-order valence-electron chi connectivity index (χ4n) is 4.19. The van der Waals surface area contributed by atoms with Crippen LogP contribution in [-0.4, -0.2) is 45.3 Å². The molecule has 0 unspecified atom stereocenters. The predicted molar refractivity (Wildman–Crippen MR) is 146 cm³/mol. The molecule has 0 saturated heterocycles. The van der Waals surface area contributed by atoms with E-state index in [1.807, 2.05) is 42.5 Å². The average molecular weight is 517 g/mol. The number of anilines is 2. The summed E-state index contributed by atoms with van der Waals surface area (Å²) in [5.74, 6) is 0.135. The molecule has 0 amide bonds. The van der Waals surface area contributed by atoms with Crippen LogP contribution < -0.4 is 20.6 Å². The van der Waals surface area contributed by atoms with Crippen LogP contribution in [0.4, 0.5) is 11.5 Å². The van der Waals surface area contributed by atoms with Gasteiger partial charge in [0.1, 0.15) is 18.8 Å². The van der Waals surface area contributed by atoms with Gasteiger partial charge in [0, 0.05) is 25.8 Å². The van der Waals surface area contributed by atoms with Crippen molar-refractivity contribution < 1.29 is 14.4 Å². The van der Waals surface area contributed by atoms with E-state index in [0.29, 0.717) is 23.3 Å². The molecule has 0 fully saturated rings. The highest BCUT2D eigenvalue weighted by Crippen LogP contribution is 2.27. The van der Waals surface area contributed by atoms with Gasteiger partial charge in [-0.2, -0.15) is 0 Å². The van der Waals surface area contributed by atoms with E-state index in [1.165, 1.54) is 6.33 Å². The van der Waals surface area contributed by atoms with Crippen LogP contribution in [0.15, 0.2) is 59.8 Å². The largest absolute Gasteiger partial charge is 0.462 e. The standard InChI is InChI=1S/C28H32N6O4/c1-5-33(6-2)22-14-13-21(15-29-22)16-30-25-23-19(4)31-18-32-26(23)34(27(35)24(25)28(36)37-7-3)38-17-20-11-9-8-10-12-20/h8-15,18,30H,5-7,16-17H2,1-4H3. The summed E-state index contributed by atoms with van der Waals surface area (Å²) in [6, 6.07) is 13.3. The number of ether oxygens (including phenoxy) is 1. The molecule has 4 rings (SSSR count). The number of rotatable bonds is 11. The molecule has 1 aromatic carbocycles. The third-order valence-electron chi connectivity index (χ3n) is 6.16. The maximum absolute atomic E-state index is 13.7. The lowest BCUT2D eigenvalue weighted by Gasteiger charge is -2.20. The van der Waals surface area contributed by atoms with Crippen molar-refractivity contribution in [3.63, 3.8) is 0 Å². The van der Waals surface area contributed by atoms with Gasteiger partial charge < -0.3 is 19.8 Å². The summed E-state index contributed by atoms with van der Waals surface area (Å²) in [5, 5.41) is 3.76. The lowest BCUT2D eigenvalue weighted by Crippen LogP contribution is -2.34. The molecule has 4 aromatic rings. The topological polar surface area (TPSA) is 111 Å². The van der Waals surface area contributed by atoms with Crippen LogP contribution in [0.25, 0.3) is 11.0 Å². The Bertz CT molecular complexity index is 1450. The molecular weight excluding hydrogens is 484 g/mol. The number of hydrogen-bond acceptors (Lipinski definition) is 9. The van der Waals surface area contributed by atoms with Gasteiger partial charge in [-0.25, -0.2) is 19.7 Å². The second kappa shape index (κ2) is 12.2. The number of nitrogens with one attached hydrogen (secondary N) is 1. The first-order chi connectivity index (χ1) is 18.5. The Morgan fingerprint density at radius 3 is 2.42 bits per heavy atom. The first kappa shape index (κ1) is 26.6. The first-order valence-electron chi connectivity index (χ1n) is 12.7. The molecule has 198 valence electrons. The summed E-state index contributed by atoms with van der Waals surface area (Å²) in [5.41, 5.74) is 2.04. The predicted octanol–water partition coefficient (Wildman–Crippen LogP) is 3.76. The zero-order chi connectivity index (χ0) is 27.1. The van der Waals surface area contributed by atoms with E-state index in [1.54, 1.807) is 20.0 Å². The lowest BCUT2D eigenvalue weighted by atomic mass is 10.1. The number of carbonyl (C=O) groups is 1. The van der Waals surface area contributed by atoms with Crippen molar-refractivity contribution in [2.45, 2.75) is 40.8 Å². The highest BCUT2D eigenvalue weighted by molar-refractivity contribution is 6.04. The minimum absolute atomic E-state index is 0.110. The van der Waals surface area contributed by atoms with Gasteiger partial charge in [0.05, 0.1) is 23.4 Å². The quantitative estimate of drug-likeness (QED) is 0.298. The van der Waals surface area contributed by atoms with Crippen LogP contribution in [-0.2, 0) is 17.9 Å². The van der Waals surface area contributed by atoms with Crippen LogP contribution >= 0.6 is 0 Å². The van der Waals surface area contributed by atoms with Crippen LogP contribution in [0.2, 0.25) is 0 Å². The molecule has 3 heterocycles. The Morgan fingerprint density at radius 1 is 1.00 bits per heavy atom. The molecule has 0 atom stereocenters. The summed E-state index contributed by atoms with van der Waals surface area (Å²) in [6.45, 7) is 9.90. The highest BCUT2D eigenvalue weighted by atomic mass is 16.7. The summed E-state index contributed by atoms with van der Waals surface area (Å²) >= 11 is 0. The lowest BCUT2D eigenvalue weighted by molar-refractivity contribution is 0.0513. The number of benzene rings is 1. The van der Waals surface area contributed by atoms with Crippen molar-refractivity contribution in [1.29, 1.82) is 0 Å². The summed E-state index contributed by atoms with van der Waals surface area (Å²) in [4.78, 5) is 48.0. The van der Waals surface area contributed by atoms with Gasteiger partial charge in [0.15, 0.2) is 11.2 Å². The highest BCUT2D eigenvalue weighted by Gasteiger charge is 2.26. The molecule has 3 aromatic heterocycles. The van der Waals surface area contributed by atoms with Crippen molar-refractivity contribution in [1.82, 2.24) is 19.7 Å². The first-order valence-corrected chi connectivity index (χ1v) is 12.7. The Labute approximate surface area is 221 Å². The van der Waals surface area contributed by atoms with Crippen molar-refractivity contribution in [3.05, 3.63) is 87.7 Å². The van der Waals surface area contributed by atoms with E-state index in [-0.39, 0.29) is 24.4 Å². The van der Waals surface area contributed by atoms with E-state index in [9.17, 15) is 9.59 Å². The van der Waals surface area contributed by atoms with Crippen molar-refractivity contribution in [3.8, 4) is 0 Å². The van der Waals surface area contributed by atoms with Gasteiger partial charge in [-0.05, 0) is 44.9 Å². The van der Waals surface area contributed by atoms with Gasteiger partial charge in [0.25, 0.3) is 0 Å². The molecule has 0 saturated carbocycles. The van der Waals surface area contributed by atoms with Gasteiger partial charge in [-0.15, -0.1) is 4.73 Å². The second-order valence-electron chi connectivity index (χ2n) is 8.54. The minimum atomic E-state index is -0.753. The number of hydrogen-bond donors (Lipinski definition) is 1. The monoisotopic (exact) mass is 516 g/mol. The normalized spacial score (nSPS) is 10.8. The number of carbonyl (C=O) groups excluding carboxylic acids is 1. The van der Waals surface area contributed by atoms with Gasteiger partial charge in [-0.3, -0.25) is 4.79 Å². The number of esters is 1. The van der Waals surface area contributed by atoms with Crippen molar-refractivity contribution >= 4 is 28.5 Å². The smallest absolute Gasteiger partial charge is 0.346 e. The second-order valence-corrected chi connectivity index (χ2v) is 8.54. The van der Waals surface area contributed by atoms with Crippen LogP contribution in [0.1, 0.15) is 48.0 Å². The van der Waals surface area contributed by atoms with E-state index < -0.39 is 11.5 Å². The Hall–Kier alpha value is -4.47. The molecule has 10 nitrogen and oxygen atoms in total. The zero-order valence-corrected chi connectivity index (χ0v) is 22.1. The maximum atomic E-state index is 13.7. The fraction of sp³-hybridized carbons (Fsp3) is 0.321. The molecule has 0 aliphatic carbocycles. The number of aromatic nitrogens is 4. The molecular formula is C28H32N6O4. The van der Waals surface area contributed by atoms with E-state index in [2.05, 4.69) is 39.0 Å². The van der Waals surface area contributed by atoms with Crippen LogP contribution in [0.3, 0.4) is 0 Å². The van der Waals surface area contributed by atoms with E-state index >= 15 is 0 Å². The van der Waals surface area contributed by atoms with Crippen LogP contribution in [0, 0.1) is 6.92 Å². The van der Waals surface area contributed by atoms with Crippen molar-refractivity contribution in [2.24, 2.45) is 0 Å². The molecule has 0 spiro atoms. The van der Waals surface area contributed by atoms with Crippen LogP contribution in [0.5, 0.6) is 0 Å². The van der Waals surface area contributed by atoms with Gasteiger partial charge >= 0.3 is 11.5 Å². The molecule has 1 N–H and O–H groups in total. The summed E-state index contributed by atoms with van der Waals surface area (Å²) in [6.07, 6.45) is 3.14. The van der Waals surface area contributed by atoms with Gasteiger partial charge in [-0.1, -0.05) is 36.4 Å². The Morgan fingerprint density at radius 2 is 1.76 bits per heavy atom. The number of fused-ring (bicyclic) bond motifs is 1. The molecule has 0 aliphatic rings. The van der Waals surface area contributed by atoms with Gasteiger partial charge in [0.2, 0.25) is 0 Å². The number of nitrogens with zero attached hydrogens (tertiary/aromatic N) is 5. The molecule has 0 radical (unpaired) electrons. The molecule has 10 heteroatoms. The number of aryl methyl sites for hydroxylation is 1. The Balaban J connectivity index is 1.77. The molecule has 0 bridgehead atoms. The summed E-state index contributed by atoms with van der Waals surface area (Å²) in [7, 11) is 0. The number of pyridine rings is 2. The van der Waals surface area contributed by atoms with E-state index in [4.69, 9.17) is 9.57 Å². The summed E-state index contributed by atoms with van der Waals surface area (Å²) < 4.78 is 6.32. The fourth-order valence-corrected chi connectivity index (χ4v) is 4.19. The maximum Gasteiger partial charge on any atom is 0.346 e. The molecule has 0 aliphatic heterocycles. The Kier molecular flexibility index (Phi) is 8.52. The van der Waals surface area contributed by atoms with Crippen molar-refractivity contribution in [2.75, 3.05) is 29.9 Å². The molecule has 38 heavy (non-hydrogen) atoms. The third kappa shape index (κ3) is 5.59. The minimum Gasteiger partial charge on any atom is -0.462 e. The van der Waals surface area contributed by atoms with E-state index in [0.717, 1.165) is 34.8 Å². The SMILES string of the molecule is CCOC(=O)c1c(NCc2ccc(N(CC)CC)nc2)c2c(C)ncnc2n(OCc2ccccc2)c1=O. The zero-order valence-electron chi connectivity index (χ0n) is 22.1.